The summed E-state index contributed by atoms with van der Waals surface area (Å²) in [4.78, 5) is 28.8. The van der Waals surface area contributed by atoms with Crippen LogP contribution in [0.5, 0.6) is 0 Å². The summed E-state index contributed by atoms with van der Waals surface area (Å²) < 4.78 is 15.1. The van der Waals surface area contributed by atoms with Crippen LogP contribution in [-0.4, -0.2) is 27.9 Å². The lowest BCUT2D eigenvalue weighted by Crippen LogP contribution is -2.32. The van der Waals surface area contributed by atoms with Gasteiger partial charge in [0.05, 0.1) is 0 Å². The van der Waals surface area contributed by atoms with Gasteiger partial charge in [-0.25, -0.2) is 9.37 Å². The van der Waals surface area contributed by atoms with Gasteiger partial charge < -0.3 is 15.2 Å². The largest absolute Gasteiger partial charge is 0.352 e. The van der Waals surface area contributed by atoms with Crippen molar-refractivity contribution in [2.75, 3.05) is 6.54 Å². The fraction of sp³-hybridized carbons (Fsp3) is 0.227. The zero-order chi connectivity index (χ0) is 20.6. The van der Waals surface area contributed by atoms with Crippen molar-refractivity contribution in [1.29, 1.82) is 0 Å². The predicted molar refractivity (Wildman–Crippen MR) is 108 cm³/mol. The van der Waals surface area contributed by atoms with Crippen LogP contribution in [0.1, 0.15) is 40.6 Å². The zero-order valence-corrected chi connectivity index (χ0v) is 16.1. The monoisotopic (exact) mass is 394 g/mol. The number of benzene rings is 2. The highest BCUT2D eigenvalue weighted by Crippen LogP contribution is 2.21. The van der Waals surface area contributed by atoms with Gasteiger partial charge in [0.2, 0.25) is 5.91 Å². The van der Waals surface area contributed by atoms with Crippen molar-refractivity contribution in [3.05, 3.63) is 89.8 Å². The minimum absolute atomic E-state index is 0.164. The van der Waals surface area contributed by atoms with E-state index >= 15 is 0 Å². The molecule has 0 saturated carbocycles. The Balaban J connectivity index is 1.55. The van der Waals surface area contributed by atoms with Crippen LogP contribution in [0.2, 0.25) is 0 Å². The maximum atomic E-state index is 13.3. The van der Waals surface area contributed by atoms with E-state index in [1.54, 1.807) is 48.8 Å². The third-order valence-electron chi connectivity index (χ3n) is 4.53. The Hall–Kier alpha value is -3.48. The molecule has 2 amide bonds. The third-order valence-corrected chi connectivity index (χ3v) is 4.53. The summed E-state index contributed by atoms with van der Waals surface area (Å²) in [5, 5.41) is 5.76. The van der Waals surface area contributed by atoms with E-state index in [0.717, 1.165) is 5.56 Å². The Bertz CT molecular complexity index is 954. The van der Waals surface area contributed by atoms with Crippen LogP contribution in [0.3, 0.4) is 0 Å². The lowest BCUT2D eigenvalue weighted by Gasteiger charge is -2.19. The SMILES string of the molecule is Cn1ccnc1C(NC(=O)CCCNC(=O)c1ccccc1)c1ccc(F)cc1. The molecule has 0 spiro atoms. The van der Waals surface area contributed by atoms with Gasteiger partial charge in [-0.3, -0.25) is 9.59 Å². The Morgan fingerprint density at radius 1 is 1.10 bits per heavy atom. The smallest absolute Gasteiger partial charge is 0.251 e. The van der Waals surface area contributed by atoms with Gasteiger partial charge in [0.1, 0.15) is 17.7 Å². The number of carbonyl (C=O) groups excluding carboxylic acids is 2. The van der Waals surface area contributed by atoms with Gasteiger partial charge in [0.15, 0.2) is 0 Å². The second-order valence-electron chi connectivity index (χ2n) is 6.67. The maximum Gasteiger partial charge on any atom is 0.251 e. The molecule has 29 heavy (non-hydrogen) atoms. The van der Waals surface area contributed by atoms with Gasteiger partial charge in [0, 0.05) is 38.0 Å². The number of aryl methyl sites for hydroxylation is 1. The molecular formula is C22H23FN4O2. The van der Waals surface area contributed by atoms with Gasteiger partial charge in [-0.15, -0.1) is 0 Å². The van der Waals surface area contributed by atoms with E-state index in [1.807, 2.05) is 17.7 Å². The molecule has 3 aromatic rings. The number of carbonyl (C=O) groups is 2. The van der Waals surface area contributed by atoms with Gasteiger partial charge in [-0.1, -0.05) is 30.3 Å². The normalized spacial score (nSPS) is 11.7. The van der Waals surface area contributed by atoms with Crippen LogP contribution in [0.25, 0.3) is 0 Å². The summed E-state index contributed by atoms with van der Waals surface area (Å²) in [6, 6.07) is 14.4. The first kappa shape index (κ1) is 20.3. The highest BCUT2D eigenvalue weighted by Gasteiger charge is 2.20. The zero-order valence-electron chi connectivity index (χ0n) is 16.1. The number of nitrogens with zero attached hydrogens (tertiary/aromatic N) is 2. The molecule has 1 atom stereocenters. The molecule has 6 nitrogen and oxygen atoms in total. The highest BCUT2D eigenvalue weighted by atomic mass is 19.1. The average molecular weight is 394 g/mol. The number of aromatic nitrogens is 2. The fourth-order valence-corrected chi connectivity index (χ4v) is 2.98. The Kier molecular flexibility index (Phi) is 6.73. The molecule has 0 radical (unpaired) electrons. The van der Waals surface area contributed by atoms with Crippen LogP contribution in [0.4, 0.5) is 4.39 Å². The molecule has 0 aliphatic carbocycles. The van der Waals surface area contributed by atoms with E-state index in [0.29, 0.717) is 24.4 Å². The minimum atomic E-state index is -0.484. The van der Waals surface area contributed by atoms with E-state index in [9.17, 15) is 14.0 Å². The topological polar surface area (TPSA) is 76.0 Å². The molecule has 150 valence electrons. The number of hydrogen-bond acceptors (Lipinski definition) is 3. The molecule has 7 heteroatoms. The molecule has 0 aliphatic heterocycles. The van der Waals surface area contributed by atoms with Gasteiger partial charge >= 0.3 is 0 Å². The quantitative estimate of drug-likeness (QED) is 0.577. The molecule has 1 aromatic heterocycles. The van der Waals surface area contributed by atoms with Gasteiger partial charge in [0.25, 0.3) is 5.91 Å². The van der Waals surface area contributed by atoms with Gasteiger partial charge in [-0.2, -0.15) is 0 Å². The van der Waals surface area contributed by atoms with E-state index in [-0.39, 0.29) is 24.1 Å². The van der Waals surface area contributed by atoms with Crippen molar-refractivity contribution in [3.8, 4) is 0 Å². The van der Waals surface area contributed by atoms with Gasteiger partial charge in [-0.05, 0) is 36.2 Å². The Labute approximate surface area is 168 Å². The number of amides is 2. The first-order valence-electron chi connectivity index (χ1n) is 9.40. The molecule has 2 N–H and O–H groups in total. The van der Waals surface area contributed by atoms with E-state index < -0.39 is 6.04 Å². The van der Waals surface area contributed by atoms with Crippen molar-refractivity contribution < 1.29 is 14.0 Å². The van der Waals surface area contributed by atoms with Crippen LogP contribution in [-0.2, 0) is 11.8 Å². The van der Waals surface area contributed by atoms with Crippen LogP contribution in [0.15, 0.2) is 67.0 Å². The Morgan fingerprint density at radius 2 is 1.83 bits per heavy atom. The Morgan fingerprint density at radius 3 is 2.48 bits per heavy atom. The predicted octanol–water partition coefficient (Wildman–Crippen LogP) is 2.98. The standard InChI is InChI=1S/C22H23FN4O2/c1-27-15-14-24-21(27)20(16-9-11-18(23)12-10-16)26-19(28)8-5-13-25-22(29)17-6-3-2-4-7-17/h2-4,6-7,9-12,14-15,20H,5,8,13H2,1H3,(H,25,29)(H,26,28). The van der Waals surface area contributed by atoms with Crippen molar-refractivity contribution in [2.24, 2.45) is 7.05 Å². The van der Waals surface area contributed by atoms with E-state index in [4.69, 9.17) is 0 Å². The third kappa shape index (κ3) is 5.51. The summed E-state index contributed by atoms with van der Waals surface area (Å²) in [6.45, 7) is 0.394. The average Bonchev–Trinajstić information content (AvgIpc) is 3.16. The van der Waals surface area contributed by atoms with Crippen molar-refractivity contribution in [1.82, 2.24) is 20.2 Å². The molecule has 0 aliphatic rings. The number of halogens is 1. The van der Waals surface area contributed by atoms with E-state index in [1.165, 1.54) is 12.1 Å². The number of hydrogen-bond donors (Lipinski definition) is 2. The van der Waals surface area contributed by atoms with Crippen molar-refractivity contribution >= 4 is 11.8 Å². The summed E-state index contributed by atoms with van der Waals surface area (Å²) >= 11 is 0. The second kappa shape index (κ2) is 9.64. The minimum Gasteiger partial charge on any atom is -0.352 e. The molecular weight excluding hydrogens is 371 g/mol. The lowest BCUT2D eigenvalue weighted by atomic mass is 10.1. The summed E-state index contributed by atoms with van der Waals surface area (Å²) in [6.07, 6.45) is 4.19. The first-order valence-corrected chi connectivity index (χ1v) is 9.40. The number of imidazole rings is 1. The maximum absolute atomic E-state index is 13.3. The van der Waals surface area contributed by atoms with Crippen LogP contribution >= 0.6 is 0 Å². The van der Waals surface area contributed by atoms with Crippen LogP contribution < -0.4 is 10.6 Å². The molecule has 2 aromatic carbocycles. The first-order chi connectivity index (χ1) is 14.0. The lowest BCUT2D eigenvalue weighted by molar-refractivity contribution is -0.121. The molecule has 1 heterocycles. The van der Waals surface area contributed by atoms with Crippen molar-refractivity contribution in [2.45, 2.75) is 18.9 Å². The highest BCUT2D eigenvalue weighted by molar-refractivity contribution is 5.94. The molecule has 3 rings (SSSR count). The number of rotatable bonds is 8. The summed E-state index contributed by atoms with van der Waals surface area (Å²) in [7, 11) is 1.84. The second-order valence-corrected chi connectivity index (χ2v) is 6.67. The fourth-order valence-electron chi connectivity index (χ4n) is 2.98. The molecule has 0 fully saturated rings. The molecule has 1 unspecified atom stereocenters. The van der Waals surface area contributed by atoms with E-state index in [2.05, 4.69) is 15.6 Å². The van der Waals surface area contributed by atoms with Crippen LogP contribution in [0, 0.1) is 5.82 Å². The van der Waals surface area contributed by atoms with Crippen molar-refractivity contribution in [3.63, 3.8) is 0 Å². The number of nitrogens with one attached hydrogen (secondary N) is 2. The summed E-state index contributed by atoms with van der Waals surface area (Å²) in [5.74, 6) is -0.0188. The summed E-state index contributed by atoms with van der Waals surface area (Å²) in [5.41, 5.74) is 1.33. The molecule has 0 saturated heterocycles. The molecule has 0 bridgehead atoms.